The summed E-state index contributed by atoms with van der Waals surface area (Å²) in [6, 6.07) is 9.10. The summed E-state index contributed by atoms with van der Waals surface area (Å²) in [5, 5.41) is 0. The molecule has 0 aliphatic rings. The smallest absolute Gasteiger partial charge is 0.384 e. The molecule has 0 spiro atoms. The zero-order chi connectivity index (χ0) is 15.0. The Kier molecular flexibility index (Phi) is 6.39. The van der Waals surface area contributed by atoms with Crippen molar-refractivity contribution in [2.75, 3.05) is 20.4 Å². The van der Waals surface area contributed by atoms with E-state index in [1.165, 1.54) is 7.11 Å². The molecule has 108 valence electrons. The number of rotatable bonds is 7. The lowest BCUT2D eigenvalue weighted by atomic mass is 10.2. The topological polar surface area (TPSA) is 72.9 Å². The molecule has 1 aromatic carbocycles. The Morgan fingerprint density at radius 2 is 1.80 bits per heavy atom. The molecule has 6 nitrogen and oxygen atoms in total. The summed E-state index contributed by atoms with van der Waals surface area (Å²) in [7, 11) is 1.40. The van der Waals surface area contributed by atoms with Crippen molar-refractivity contribution in [3.63, 3.8) is 0 Å². The Bertz CT molecular complexity index is 472. The Balaban J connectivity index is 2.77. The van der Waals surface area contributed by atoms with E-state index >= 15 is 0 Å². The first-order valence-electron chi connectivity index (χ1n) is 6.13. The zero-order valence-corrected chi connectivity index (χ0v) is 11.5. The molecule has 0 aliphatic heterocycles. The Labute approximate surface area is 117 Å². The first kappa shape index (κ1) is 15.8. The molecule has 1 rings (SSSR count). The van der Waals surface area contributed by atoms with E-state index in [-0.39, 0.29) is 19.9 Å². The largest absolute Gasteiger partial charge is 0.460 e. The number of ether oxygens (including phenoxy) is 2. The van der Waals surface area contributed by atoms with Crippen molar-refractivity contribution >= 4 is 17.7 Å². The van der Waals surface area contributed by atoms with Crippen molar-refractivity contribution < 1.29 is 23.9 Å². The number of carbonyl (C=O) groups is 3. The van der Waals surface area contributed by atoms with Gasteiger partial charge in [0.25, 0.3) is 0 Å². The highest BCUT2D eigenvalue weighted by Crippen LogP contribution is 2.05. The molecule has 0 fully saturated rings. The lowest BCUT2D eigenvalue weighted by Crippen LogP contribution is -2.41. The number of hydrogen-bond donors (Lipinski definition) is 0. The highest BCUT2D eigenvalue weighted by atomic mass is 16.5. The normalized spacial score (nSPS) is 9.90. The Morgan fingerprint density at radius 1 is 1.15 bits per heavy atom. The molecule has 6 heteroatoms. The van der Waals surface area contributed by atoms with Gasteiger partial charge >= 0.3 is 17.7 Å². The predicted octanol–water partition coefficient (Wildman–Crippen LogP) is 0.751. The van der Waals surface area contributed by atoms with Gasteiger partial charge in [-0.3, -0.25) is 9.59 Å². The van der Waals surface area contributed by atoms with Gasteiger partial charge < -0.3 is 14.4 Å². The number of benzene rings is 1. The van der Waals surface area contributed by atoms with Crippen LogP contribution in [0.3, 0.4) is 0 Å². The van der Waals surface area contributed by atoms with Gasteiger partial charge in [0.15, 0.2) is 0 Å². The van der Waals surface area contributed by atoms with Gasteiger partial charge in [0.1, 0.15) is 6.73 Å². The van der Waals surface area contributed by atoms with E-state index in [4.69, 9.17) is 4.74 Å². The first-order valence-corrected chi connectivity index (χ1v) is 6.13. The van der Waals surface area contributed by atoms with E-state index in [9.17, 15) is 14.4 Å². The average molecular weight is 279 g/mol. The number of Topliss-reactive ketones (excluding diaryl/α,β-unsaturated/α-hetero) is 1. The molecule has 0 atom stereocenters. The third kappa shape index (κ3) is 4.47. The standard InChI is InChI=1S/C14H17NO5/c1-3-20-14(18)12(16)13(17)15(10-19-2)9-11-7-5-4-6-8-11/h4-8H,3,9-10H2,1-2H3. The average Bonchev–Trinajstić information content (AvgIpc) is 2.46. The third-order valence-corrected chi connectivity index (χ3v) is 2.44. The van der Waals surface area contributed by atoms with E-state index in [1.807, 2.05) is 30.3 Å². The highest BCUT2D eigenvalue weighted by Gasteiger charge is 2.29. The van der Waals surface area contributed by atoms with Gasteiger partial charge in [0, 0.05) is 13.7 Å². The van der Waals surface area contributed by atoms with Crippen molar-refractivity contribution in [2.24, 2.45) is 0 Å². The molecule has 20 heavy (non-hydrogen) atoms. The SMILES string of the molecule is CCOC(=O)C(=O)C(=O)N(COC)Cc1ccccc1. The van der Waals surface area contributed by atoms with Crippen molar-refractivity contribution in [3.05, 3.63) is 35.9 Å². The van der Waals surface area contributed by atoms with Crippen LogP contribution in [0.2, 0.25) is 0 Å². The van der Waals surface area contributed by atoms with Gasteiger partial charge in [0.05, 0.1) is 6.61 Å². The summed E-state index contributed by atoms with van der Waals surface area (Å²) in [5.41, 5.74) is 0.828. The fraction of sp³-hybridized carbons (Fsp3) is 0.357. The maximum Gasteiger partial charge on any atom is 0.384 e. The predicted molar refractivity (Wildman–Crippen MR) is 70.5 cm³/mol. The van der Waals surface area contributed by atoms with Gasteiger partial charge in [-0.25, -0.2) is 4.79 Å². The molecule has 0 heterocycles. The van der Waals surface area contributed by atoms with Crippen LogP contribution in [-0.4, -0.2) is 43.0 Å². The van der Waals surface area contributed by atoms with Gasteiger partial charge in [-0.1, -0.05) is 30.3 Å². The van der Waals surface area contributed by atoms with Gasteiger partial charge in [-0.2, -0.15) is 0 Å². The number of ketones is 1. The molecule has 0 saturated carbocycles. The molecule has 0 unspecified atom stereocenters. The number of methoxy groups -OCH3 is 1. The zero-order valence-electron chi connectivity index (χ0n) is 11.5. The van der Waals surface area contributed by atoms with Crippen molar-refractivity contribution in [2.45, 2.75) is 13.5 Å². The number of esters is 1. The van der Waals surface area contributed by atoms with Crippen LogP contribution >= 0.6 is 0 Å². The summed E-state index contributed by atoms with van der Waals surface area (Å²) in [6.07, 6.45) is 0. The lowest BCUT2D eigenvalue weighted by Gasteiger charge is -2.20. The summed E-state index contributed by atoms with van der Waals surface area (Å²) in [6.45, 7) is 1.70. The molecule has 0 radical (unpaired) electrons. The first-order chi connectivity index (χ1) is 9.60. The summed E-state index contributed by atoms with van der Waals surface area (Å²) >= 11 is 0. The van der Waals surface area contributed by atoms with Crippen LogP contribution < -0.4 is 0 Å². The van der Waals surface area contributed by atoms with Crippen LogP contribution in [0.1, 0.15) is 12.5 Å². The summed E-state index contributed by atoms with van der Waals surface area (Å²) < 4.78 is 9.41. The second kappa shape index (κ2) is 8.06. The van der Waals surface area contributed by atoms with E-state index in [0.717, 1.165) is 10.5 Å². The molecule has 0 aromatic heterocycles. The molecular weight excluding hydrogens is 262 g/mol. The molecule has 1 amide bonds. The van der Waals surface area contributed by atoms with Crippen LogP contribution in [0.4, 0.5) is 0 Å². The van der Waals surface area contributed by atoms with E-state index < -0.39 is 17.7 Å². The minimum atomic E-state index is -1.19. The molecule has 0 saturated heterocycles. The monoisotopic (exact) mass is 279 g/mol. The van der Waals surface area contributed by atoms with E-state index in [0.29, 0.717) is 0 Å². The lowest BCUT2D eigenvalue weighted by molar-refractivity contribution is -0.161. The van der Waals surface area contributed by atoms with E-state index in [1.54, 1.807) is 6.92 Å². The van der Waals surface area contributed by atoms with Crippen LogP contribution in [0.15, 0.2) is 30.3 Å². The highest BCUT2D eigenvalue weighted by molar-refractivity contribution is 6.61. The number of hydrogen-bond acceptors (Lipinski definition) is 5. The van der Waals surface area contributed by atoms with Crippen molar-refractivity contribution in [1.29, 1.82) is 0 Å². The molecular formula is C14H17NO5. The minimum Gasteiger partial charge on any atom is -0.460 e. The molecule has 0 N–H and O–H groups in total. The van der Waals surface area contributed by atoms with Gasteiger partial charge in [0.2, 0.25) is 0 Å². The van der Waals surface area contributed by atoms with Crippen molar-refractivity contribution in [1.82, 2.24) is 4.90 Å². The minimum absolute atomic E-state index is 0.0425. The van der Waals surface area contributed by atoms with Crippen LogP contribution in [0.5, 0.6) is 0 Å². The third-order valence-electron chi connectivity index (χ3n) is 2.44. The second-order valence-corrected chi connectivity index (χ2v) is 3.96. The second-order valence-electron chi connectivity index (χ2n) is 3.96. The fourth-order valence-electron chi connectivity index (χ4n) is 1.56. The van der Waals surface area contributed by atoms with Crippen molar-refractivity contribution in [3.8, 4) is 0 Å². The molecule has 1 aromatic rings. The number of carbonyl (C=O) groups excluding carboxylic acids is 3. The van der Waals surface area contributed by atoms with Crippen LogP contribution in [0, 0.1) is 0 Å². The van der Waals surface area contributed by atoms with Crippen LogP contribution in [-0.2, 0) is 30.4 Å². The van der Waals surface area contributed by atoms with Crippen LogP contribution in [0.25, 0.3) is 0 Å². The van der Waals surface area contributed by atoms with E-state index in [2.05, 4.69) is 4.74 Å². The van der Waals surface area contributed by atoms with Gasteiger partial charge in [-0.05, 0) is 12.5 Å². The maximum atomic E-state index is 11.9. The van der Waals surface area contributed by atoms with Gasteiger partial charge in [-0.15, -0.1) is 0 Å². The number of nitrogens with zero attached hydrogens (tertiary/aromatic N) is 1. The quantitative estimate of drug-likeness (QED) is 0.319. The molecule has 0 bridgehead atoms. The fourth-order valence-corrected chi connectivity index (χ4v) is 1.56. The number of amides is 1. The Morgan fingerprint density at radius 3 is 2.35 bits per heavy atom. The summed E-state index contributed by atoms with van der Waals surface area (Å²) in [4.78, 5) is 36.0. The Hall–Kier alpha value is -2.21. The molecule has 0 aliphatic carbocycles. The maximum absolute atomic E-state index is 11.9. The summed E-state index contributed by atoms with van der Waals surface area (Å²) in [5.74, 6) is -3.28.